The first-order chi connectivity index (χ1) is 15.8. The summed E-state index contributed by atoms with van der Waals surface area (Å²) >= 11 is 0. The third-order valence-corrected chi connectivity index (χ3v) is 7.19. The monoisotopic (exact) mass is 449 g/mol. The number of rotatable bonds is 3. The summed E-state index contributed by atoms with van der Waals surface area (Å²) in [6.07, 6.45) is -0.944. The van der Waals surface area contributed by atoms with E-state index >= 15 is 0 Å². The van der Waals surface area contributed by atoms with Crippen molar-refractivity contribution < 1.29 is 29.0 Å². The number of fused-ring (bicyclic) bond motifs is 5. The molecule has 9 nitrogen and oxygen atoms in total. The van der Waals surface area contributed by atoms with Crippen LogP contribution in [0, 0.1) is 18.8 Å². The molecule has 4 aliphatic rings. The molecule has 2 aromatic carbocycles. The second-order valence-electron chi connectivity index (χ2n) is 9.18. The zero-order valence-electron chi connectivity index (χ0n) is 18.1. The highest BCUT2D eigenvalue weighted by molar-refractivity contribution is 6.15. The number of ether oxygens (including phenoxy) is 2. The molecule has 0 aromatic heterocycles. The minimum atomic E-state index is -1.41. The maximum Gasteiger partial charge on any atom is 0.250 e. The van der Waals surface area contributed by atoms with Crippen molar-refractivity contribution in [2.45, 2.75) is 38.1 Å². The second-order valence-corrected chi connectivity index (χ2v) is 9.18. The summed E-state index contributed by atoms with van der Waals surface area (Å²) < 4.78 is 10.7. The Hall–Kier alpha value is -3.43. The normalized spacial score (nSPS) is 30.1. The largest absolute Gasteiger partial charge is 0.454 e. The Morgan fingerprint density at radius 3 is 2.70 bits per heavy atom. The number of carbonyl (C=O) groups excluding carboxylic acids is 3. The third kappa shape index (κ3) is 2.63. The van der Waals surface area contributed by atoms with Crippen LogP contribution in [0.4, 0.5) is 5.69 Å². The maximum absolute atomic E-state index is 13.8. The van der Waals surface area contributed by atoms with Crippen LogP contribution >= 0.6 is 0 Å². The van der Waals surface area contributed by atoms with Crippen molar-refractivity contribution in [2.24, 2.45) is 11.8 Å². The quantitative estimate of drug-likeness (QED) is 0.599. The van der Waals surface area contributed by atoms with Crippen LogP contribution in [0.25, 0.3) is 0 Å². The average molecular weight is 449 g/mol. The minimum absolute atomic E-state index is 0.0478. The highest BCUT2D eigenvalue weighted by atomic mass is 16.7. The van der Waals surface area contributed by atoms with Crippen LogP contribution in [-0.4, -0.2) is 46.7 Å². The van der Waals surface area contributed by atoms with E-state index < -0.39 is 41.3 Å². The number of aliphatic hydroxyl groups excluding tert-OH is 1. The number of hydrogen-bond donors (Lipinski definition) is 3. The summed E-state index contributed by atoms with van der Waals surface area (Å²) in [5.41, 5.74) is 1.47. The van der Waals surface area contributed by atoms with Gasteiger partial charge in [-0.3, -0.25) is 24.6 Å². The number of nitrogens with zero attached hydrogens (tertiary/aromatic N) is 1. The molecule has 9 heteroatoms. The fourth-order valence-corrected chi connectivity index (χ4v) is 5.70. The van der Waals surface area contributed by atoms with Crippen molar-refractivity contribution in [3.8, 4) is 11.5 Å². The molecule has 170 valence electrons. The molecule has 0 unspecified atom stereocenters. The van der Waals surface area contributed by atoms with Gasteiger partial charge >= 0.3 is 0 Å². The van der Waals surface area contributed by atoms with Crippen molar-refractivity contribution >= 4 is 23.4 Å². The lowest BCUT2D eigenvalue weighted by Gasteiger charge is -2.30. The van der Waals surface area contributed by atoms with Crippen LogP contribution in [0.2, 0.25) is 0 Å². The Morgan fingerprint density at radius 1 is 1.12 bits per heavy atom. The van der Waals surface area contributed by atoms with Gasteiger partial charge in [-0.25, -0.2) is 0 Å². The highest BCUT2D eigenvalue weighted by Crippen LogP contribution is 2.53. The third-order valence-electron chi connectivity index (χ3n) is 7.19. The summed E-state index contributed by atoms with van der Waals surface area (Å²) in [6, 6.07) is 10.1. The standard InChI is InChI=1S/C24H23N3O6/c1-11-3-5-15-14(7-11)24(23(31)25-15)19-18(20(26-24)12(2)28)21(29)27(22(19)30)9-13-4-6-16-17(8-13)33-10-32-16/h3-8,12,18-20,26,28H,9-10H2,1-2H3,(H,25,31)/t12-,18+,19-,20-,24+/m1/s1. The molecule has 0 radical (unpaired) electrons. The molecule has 2 saturated heterocycles. The van der Waals surface area contributed by atoms with Crippen molar-refractivity contribution in [1.29, 1.82) is 0 Å². The van der Waals surface area contributed by atoms with Crippen molar-refractivity contribution in [3.63, 3.8) is 0 Å². The predicted molar refractivity (Wildman–Crippen MR) is 115 cm³/mol. The van der Waals surface area contributed by atoms with Crippen LogP contribution < -0.4 is 20.1 Å². The first-order valence-electron chi connectivity index (χ1n) is 10.9. The van der Waals surface area contributed by atoms with Crippen molar-refractivity contribution in [3.05, 3.63) is 53.1 Å². The number of hydrogen-bond acceptors (Lipinski definition) is 7. The van der Waals surface area contributed by atoms with Crippen LogP contribution in [0.5, 0.6) is 11.5 Å². The van der Waals surface area contributed by atoms with Gasteiger partial charge in [-0.2, -0.15) is 0 Å². The lowest BCUT2D eigenvalue weighted by molar-refractivity contribution is -0.143. The number of carbonyl (C=O) groups is 3. The van der Waals surface area contributed by atoms with Gasteiger partial charge in [-0.15, -0.1) is 0 Å². The second kappa shape index (κ2) is 6.79. The van der Waals surface area contributed by atoms with Crippen LogP contribution in [0.1, 0.15) is 23.6 Å². The van der Waals surface area contributed by atoms with Gasteiger partial charge in [0.15, 0.2) is 11.5 Å². The van der Waals surface area contributed by atoms with Gasteiger partial charge < -0.3 is 19.9 Å². The van der Waals surface area contributed by atoms with E-state index in [1.807, 2.05) is 19.1 Å². The van der Waals surface area contributed by atoms with Crippen LogP contribution in [0.15, 0.2) is 36.4 Å². The number of nitrogens with one attached hydrogen (secondary N) is 2. The number of aliphatic hydroxyl groups is 1. The van der Waals surface area contributed by atoms with Gasteiger partial charge in [0.2, 0.25) is 24.5 Å². The van der Waals surface area contributed by atoms with E-state index in [1.165, 1.54) is 4.90 Å². The van der Waals surface area contributed by atoms with Crippen molar-refractivity contribution in [1.82, 2.24) is 10.2 Å². The summed E-state index contributed by atoms with van der Waals surface area (Å²) in [6.45, 7) is 3.65. The molecule has 3 N–H and O–H groups in total. The Kier molecular flexibility index (Phi) is 4.15. The molecule has 33 heavy (non-hydrogen) atoms. The first-order valence-corrected chi connectivity index (χ1v) is 10.9. The fourth-order valence-electron chi connectivity index (χ4n) is 5.70. The molecule has 3 amide bonds. The SMILES string of the molecule is Cc1ccc2c(c1)[C@@]1(N[C@H]([C@@H](C)O)[C@H]3C(=O)N(Cc4ccc5c(c4)OCO5)C(=O)[C@@H]31)C(=O)N2. The van der Waals surface area contributed by atoms with Gasteiger partial charge in [-0.1, -0.05) is 23.8 Å². The molecular weight excluding hydrogens is 426 g/mol. The Balaban J connectivity index is 1.42. The molecule has 5 atom stereocenters. The molecule has 0 bridgehead atoms. The molecule has 2 aromatic rings. The van der Waals surface area contributed by atoms with E-state index in [0.717, 1.165) is 5.56 Å². The predicted octanol–water partition coefficient (Wildman–Crippen LogP) is 1.03. The van der Waals surface area contributed by atoms with E-state index in [1.54, 1.807) is 31.2 Å². The first kappa shape index (κ1) is 20.2. The van der Waals surface area contributed by atoms with E-state index in [0.29, 0.717) is 28.3 Å². The van der Waals surface area contributed by atoms with Gasteiger partial charge in [0.05, 0.1) is 24.5 Å². The Labute approximate surface area is 189 Å². The van der Waals surface area contributed by atoms with E-state index in [9.17, 15) is 19.5 Å². The minimum Gasteiger partial charge on any atom is -0.454 e. The molecule has 6 rings (SSSR count). The summed E-state index contributed by atoms with van der Waals surface area (Å²) in [4.78, 5) is 41.9. The lowest BCUT2D eigenvalue weighted by Crippen LogP contribution is -2.54. The number of anilines is 1. The average Bonchev–Trinajstić information content (AvgIpc) is 3.51. The fraction of sp³-hybridized carbons (Fsp3) is 0.375. The van der Waals surface area contributed by atoms with E-state index in [-0.39, 0.29) is 19.2 Å². The summed E-state index contributed by atoms with van der Waals surface area (Å²) in [5, 5.41) is 16.6. The zero-order valence-corrected chi connectivity index (χ0v) is 18.1. The summed E-state index contributed by atoms with van der Waals surface area (Å²) in [7, 11) is 0. The Bertz CT molecular complexity index is 1230. The molecule has 0 saturated carbocycles. The van der Waals surface area contributed by atoms with E-state index in [4.69, 9.17) is 9.47 Å². The molecule has 4 heterocycles. The number of imide groups is 1. The highest BCUT2D eigenvalue weighted by Gasteiger charge is 2.71. The van der Waals surface area contributed by atoms with Crippen molar-refractivity contribution in [2.75, 3.05) is 12.1 Å². The molecular formula is C24H23N3O6. The maximum atomic E-state index is 13.8. The zero-order chi connectivity index (χ0) is 23.1. The molecule has 1 spiro atoms. The summed E-state index contributed by atoms with van der Waals surface area (Å²) in [5.74, 6) is -1.85. The van der Waals surface area contributed by atoms with Crippen LogP contribution in [-0.2, 0) is 26.5 Å². The van der Waals surface area contributed by atoms with Gasteiger partial charge in [0.25, 0.3) is 0 Å². The van der Waals surface area contributed by atoms with Gasteiger partial charge in [-0.05, 0) is 37.6 Å². The van der Waals surface area contributed by atoms with Gasteiger partial charge in [0, 0.05) is 17.3 Å². The van der Waals surface area contributed by atoms with E-state index in [2.05, 4.69) is 10.6 Å². The topological polar surface area (TPSA) is 117 Å². The number of benzene rings is 2. The smallest absolute Gasteiger partial charge is 0.250 e. The lowest BCUT2D eigenvalue weighted by atomic mass is 9.76. The number of aryl methyl sites for hydroxylation is 1. The Morgan fingerprint density at radius 2 is 1.91 bits per heavy atom. The molecule has 2 fully saturated rings. The molecule has 4 aliphatic heterocycles. The van der Waals surface area contributed by atoms with Crippen LogP contribution in [0.3, 0.4) is 0 Å². The number of likely N-dealkylation sites (tertiary alicyclic amines) is 1. The van der Waals surface area contributed by atoms with Gasteiger partial charge in [0.1, 0.15) is 5.54 Å². The number of amides is 3. The molecule has 0 aliphatic carbocycles.